The van der Waals surface area contributed by atoms with Gasteiger partial charge in [-0.15, -0.1) is 11.3 Å². The van der Waals surface area contributed by atoms with E-state index in [1.807, 2.05) is 13.8 Å². The van der Waals surface area contributed by atoms with E-state index in [-0.39, 0.29) is 41.0 Å². The zero-order valence-electron chi connectivity index (χ0n) is 19.0. The van der Waals surface area contributed by atoms with Gasteiger partial charge in [0.15, 0.2) is 0 Å². The van der Waals surface area contributed by atoms with E-state index in [0.717, 1.165) is 45.9 Å². The molecule has 4 rings (SSSR count). The van der Waals surface area contributed by atoms with Gasteiger partial charge in [0.1, 0.15) is 0 Å². The second-order valence-corrected chi connectivity index (χ2v) is 9.79. The molecule has 1 saturated carbocycles. The number of aryl methyl sites for hydroxylation is 2. The Balaban J connectivity index is 0.00000324. The fourth-order valence-corrected chi connectivity index (χ4v) is 5.15. The Kier molecular flexibility index (Phi) is 7.67. The predicted molar refractivity (Wildman–Crippen MR) is 126 cm³/mol. The molecular weight excluding hydrogens is 474 g/mol. The van der Waals surface area contributed by atoms with Gasteiger partial charge in [-0.3, -0.25) is 4.79 Å². The first-order chi connectivity index (χ1) is 15.5. The van der Waals surface area contributed by atoms with Crippen molar-refractivity contribution in [3.05, 3.63) is 91.7 Å². The van der Waals surface area contributed by atoms with Gasteiger partial charge >= 0.3 is 12.1 Å². The maximum absolute atomic E-state index is 13.3. The van der Waals surface area contributed by atoms with Crippen LogP contribution >= 0.6 is 11.3 Å². The molecule has 1 aliphatic carbocycles. The molecule has 0 aliphatic heterocycles. The number of amides is 1. The minimum Gasteiger partial charge on any atom is -0.478 e. The molecule has 2 N–H and O–H groups in total. The van der Waals surface area contributed by atoms with Crippen molar-refractivity contribution in [2.75, 3.05) is 0 Å². The van der Waals surface area contributed by atoms with Gasteiger partial charge in [0.05, 0.1) is 22.2 Å². The van der Waals surface area contributed by atoms with E-state index in [4.69, 9.17) is 5.11 Å². The Morgan fingerprint density at radius 2 is 1.59 bits per heavy atom. The average Bonchev–Trinajstić information content (AvgIpc) is 3.47. The number of aromatic carboxylic acids is 1. The Morgan fingerprint density at radius 3 is 2.09 bits per heavy atom. The summed E-state index contributed by atoms with van der Waals surface area (Å²) >= 11 is 1.49. The zero-order valence-corrected chi connectivity index (χ0v) is 21.9. The zero-order chi connectivity index (χ0) is 24.0. The molecule has 4 nitrogen and oxygen atoms in total. The van der Waals surface area contributed by atoms with E-state index in [0.29, 0.717) is 17.5 Å². The fourth-order valence-electron chi connectivity index (χ4n) is 4.08. The maximum Gasteiger partial charge on any atom is 0.416 e. The Labute approximate surface area is 221 Å². The molecule has 34 heavy (non-hydrogen) atoms. The Hall–Kier alpha value is -2.13. The summed E-state index contributed by atoms with van der Waals surface area (Å²) in [6, 6.07) is 11.5. The third kappa shape index (κ3) is 5.40. The number of rotatable bonds is 6. The summed E-state index contributed by atoms with van der Waals surface area (Å²) in [5, 5.41) is 12.2. The summed E-state index contributed by atoms with van der Waals surface area (Å²) in [6.45, 7) is 3.77. The normalized spacial score (nSPS) is 14.3. The van der Waals surface area contributed by atoms with E-state index < -0.39 is 23.2 Å². The summed E-state index contributed by atoms with van der Waals surface area (Å²) in [7, 11) is 0. The number of carboxylic acids is 1. The molecule has 1 aliphatic rings. The third-order valence-corrected chi connectivity index (χ3v) is 7.12. The standard InChI is InChI=1S/C25H22F3NO3S.Na/c1-14-20(13-16-3-7-19(8-4-16)25(26,27)28)21(15(2)33-14)22(30)29-24(11-12-24)18-9-5-17(6-10-18)23(31)32;/h3-10H,11-13H2,1-2H3,(H,29,30)(H,31,32);. The predicted octanol–water partition coefficient (Wildman–Crippen LogP) is 5.71. The third-order valence-electron chi connectivity index (χ3n) is 6.06. The quantitative estimate of drug-likeness (QED) is 0.430. The smallest absolute Gasteiger partial charge is 0.416 e. The van der Waals surface area contributed by atoms with Crippen LogP contribution in [0.5, 0.6) is 0 Å². The molecule has 1 aromatic heterocycles. The van der Waals surface area contributed by atoms with Gasteiger partial charge in [0.25, 0.3) is 5.91 Å². The molecule has 1 radical (unpaired) electrons. The monoisotopic (exact) mass is 496 g/mol. The SMILES string of the molecule is Cc1sc(C)c(C(=O)NC2(c3ccc(C(=O)O)cc3)CC2)c1Cc1ccc(C(F)(F)F)cc1.[Na]. The molecule has 1 heterocycles. The second kappa shape index (κ2) is 9.85. The van der Waals surface area contributed by atoms with Gasteiger partial charge in [0, 0.05) is 39.3 Å². The van der Waals surface area contributed by atoms with Gasteiger partial charge in [-0.1, -0.05) is 24.3 Å². The van der Waals surface area contributed by atoms with Gasteiger partial charge < -0.3 is 10.4 Å². The van der Waals surface area contributed by atoms with Crippen LogP contribution in [0.3, 0.4) is 0 Å². The molecule has 2 aromatic carbocycles. The first-order valence-corrected chi connectivity index (χ1v) is 11.2. The minimum absolute atomic E-state index is 0. The molecule has 3 aromatic rings. The van der Waals surface area contributed by atoms with Gasteiger partial charge in [-0.05, 0) is 74.1 Å². The summed E-state index contributed by atoms with van der Waals surface area (Å²) in [5.74, 6) is -1.23. The summed E-state index contributed by atoms with van der Waals surface area (Å²) in [6.07, 6.45) is -2.53. The van der Waals surface area contributed by atoms with Crippen LogP contribution in [0.4, 0.5) is 13.2 Å². The topological polar surface area (TPSA) is 66.4 Å². The van der Waals surface area contributed by atoms with Crippen LogP contribution < -0.4 is 5.32 Å². The molecule has 0 unspecified atom stereocenters. The number of carbonyl (C=O) groups is 2. The van der Waals surface area contributed by atoms with E-state index in [9.17, 15) is 22.8 Å². The molecule has 1 amide bonds. The van der Waals surface area contributed by atoms with Crippen molar-refractivity contribution in [1.82, 2.24) is 5.32 Å². The Morgan fingerprint density at radius 1 is 1.00 bits per heavy atom. The van der Waals surface area contributed by atoms with Crippen molar-refractivity contribution in [2.24, 2.45) is 0 Å². The number of benzene rings is 2. The van der Waals surface area contributed by atoms with Crippen LogP contribution in [0.2, 0.25) is 0 Å². The molecule has 0 atom stereocenters. The van der Waals surface area contributed by atoms with Crippen LogP contribution in [0.15, 0.2) is 48.5 Å². The number of carbonyl (C=O) groups excluding carboxylic acids is 1. The fraction of sp³-hybridized carbons (Fsp3) is 0.280. The van der Waals surface area contributed by atoms with Crippen molar-refractivity contribution in [3.63, 3.8) is 0 Å². The van der Waals surface area contributed by atoms with Crippen LogP contribution in [-0.4, -0.2) is 46.5 Å². The first kappa shape index (κ1) is 26.5. The van der Waals surface area contributed by atoms with E-state index in [1.54, 1.807) is 12.1 Å². The number of hydrogen-bond donors (Lipinski definition) is 2. The summed E-state index contributed by atoms with van der Waals surface area (Å²) < 4.78 is 38.6. The van der Waals surface area contributed by atoms with E-state index >= 15 is 0 Å². The van der Waals surface area contributed by atoms with Crippen LogP contribution in [0, 0.1) is 13.8 Å². The second-order valence-electron chi connectivity index (χ2n) is 8.36. The van der Waals surface area contributed by atoms with Crippen molar-refractivity contribution < 1.29 is 27.9 Å². The average molecular weight is 497 g/mol. The minimum atomic E-state index is -4.39. The Bertz CT molecular complexity index is 1210. The number of alkyl halides is 3. The molecule has 1 fully saturated rings. The van der Waals surface area contributed by atoms with Crippen LogP contribution in [-0.2, 0) is 18.1 Å². The van der Waals surface area contributed by atoms with Gasteiger partial charge in [-0.25, -0.2) is 4.79 Å². The van der Waals surface area contributed by atoms with E-state index in [2.05, 4.69) is 5.32 Å². The number of thiophene rings is 1. The number of hydrogen-bond acceptors (Lipinski definition) is 3. The molecule has 9 heteroatoms. The molecule has 0 bridgehead atoms. The van der Waals surface area contributed by atoms with Crippen molar-refractivity contribution in [3.8, 4) is 0 Å². The van der Waals surface area contributed by atoms with Crippen molar-refractivity contribution in [2.45, 2.75) is 44.8 Å². The largest absolute Gasteiger partial charge is 0.478 e. The molecule has 0 saturated heterocycles. The summed E-state index contributed by atoms with van der Waals surface area (Å²) in [4.78, 5) is 26.2. The molecule has 0 spiro atoms. The molecular formula is C25H22F3NNaO3S. The van der Waals surface area contributed by atoms with E-state index in [1.165, 1.54) is 35.6 Å². The first-order valence-electron chi connectivity index (χ1n) is 10.4. The number of nitrogens with one attached hydrogen (secondary N) is 1. The molecule has 173 valence electrons. The van der Waals surface area contributed by atoms with Gasteiger partial charge in [-0.2, -0.15) is 13.2 Å². The van der Waals surface area contributed by atoms with Crippen molar-refractivity contribution in [1.29, 1.82) is 0 Å². The maximum atomic E-state index is 13.3. The summed E-state index contributed by atoms with van der Waals surface area (Å²) in [5.41, 5.74) is 1.88. The van der Waals surface area contributed by atoms with Crippen LogP contribution in [0.25, 0.3) is 0 Å². The van der Waals surface area contributed by atoms with Crippen LogP contribution in [0.1, 0.15) is 65.6 Å². The number of halogens is 3. The van der Waals surface area contributed by atoms with Gasteiger partial charge in [0.2, 0.25) is 0 Å². The number of carboxylic acid groups (broad SMARTS) is 1. The van der Waals surface area contributed by atoms with Crippen molar-refractivity contribution >= 4 is 52.8 Å².